The second-order valence-electron chi connectivity index (χ2n) is 3.74. The molecule has 0 aromatic heterocycles. The Balaban J connectivity index is 0.000000606. The minimum atomic E-state index is 1.16. The van der Waals surface area contributed by atoms with Crippen molar-refractivity contribution in [2.45, 2.75) is 39.5 Å². The normalized spacial score (nSPS) is 13.8. The maximum atomic E-state index is 2.36. The molecule has 1 aliphatic carbocycles. The van der Waals surface area contributed by atoms with Crippen LogP contribution in [0.25, 0.3) is 0 Å². The summed E-state index contributed by atoms with van der Waals surface area (Å²) in [5, 5.41) is 0. The molecule has 0 saturated carbocycles. The van der Waals surface area contributed by atoms with Gasteiger partial charge in [0.25, 0.3) is 0 Å². The van der Waals surface area contributed by atoms with Gasteiger partial charge < -0.3 is 0 Å². The van der Waals surface area contributed by atoms with E-state index in [0.717, 1.165) is 6.42 Å². The molecule has 1 aromatic rings. The fourth-order valence-electron chi connectivity index (χ4n) is 1.79. The minimum Gasteiger partial charge on any atom is -0.0840 e. The average molecular weight is 214 g/mol. The molecule has 0 radical (unpaired) electrons. The molecule has 0 bridgehead atoms. The summed E-state index contributed by atoms with van der Waals surface area (Å²) in [7, 11) is 0. The Morgan fingerprint density at radius 2 is 1.69 bits per heavy atom. The monoisotopic (exact) mass is 214 g/mol. The molecule has 1 aromatic carbocycles. The van der Waals surface area contributed by atoms with Gasteiger partial charge in [-0.2, -0.15) is 0 Å². The molecule has 0 saturated heterocycles. The summed E-state index contributed by atoms with van der Waals surface area (Å²) < 4.78 is 0. The Kier molecular flexibility index (Phi) is 6.32. The van der Waals surface area contributed by atoms with Gasteiger partial charge in [-0.1, -0.05) is 68.0 Å². The fourth-order valence-corrected chi connectivity index (χ4v) is 1.79. The molecule has 0 aliphatic heterocycles. The van der Waals surface area contributed by atoms with Gasteiger partial charge >= 0.3 is 0 Å². The van der Waals surface area contributed by atoms with Gasteiger partial charge in [-0.25, -0.2) is 0 Å². The van der Waals surface area contributed by atoms with Crippen molar-refractivity contribution in [2.75, 3.05) is 0 Å². The third-order valence-electron chi connectivity index (χ3n) is 2.62. The molecule has 2 rings (SSSR count). The van der Waals surface area contributed by atoms with Gasteiger partial charge in [-0.15, -0.1) is 0 Å². The van der Waals surface area contributed by atoms with Crippen molar-refractivity contribution in [2.24, 2.45) is 0 Å². The highest BCUT2D eigenvalue weighted by Gasteiger charge is 1.98. The highest BCUT2D eigenvalue weighted by atomic mass is 14.0. The predicted molar refractivity (Wildman–Crippen MR) is 72.6 cm³/mol. The molecular formula is C16H22. The predicted octanol–water partition coefficient (Wildman–Crippen LogP) is 4.92. The maximum absolute atomic E-state index is 2.36. The van der Waals surface area contributed by atoms with E-state index in [4.69, 9.17) is 0 Å². The van der Waals surface area contributed by atoms with E-state index in [1.165, 1.54) is 30.4 Å². The minimum absolute atomic E-state index is 1.16. The van der Waals surface area contributed by atoms with Crippen molar-refractivity contribution in [3.05, 3.63) is 59.7 Å². The van der Waals surface area contributed by atoms with Gasteiger partial charge in [0, 0.05) is 0 Å². The Bertz CT molecular complexity index is 330. The van der Waals surface area contributed by atoms with Crippen LogP contribution in [0, 0.1) is 0 Å². The molecular weight excluding hydrogens is 192 g/mol. The summed E-state index contributed by atoms with van der Waals surface area (Å²) in [4.78, 5) is 0. The first-order valence-electron chi connectivity index (χ1n) is 6.34. The lowest BCUT2D eigenvalue weighted by atomic mass is 10.00. The molecule has 0 fully saturated rings. The van der Waals surface area contributed by atoms with Crippen molar-refractivity contribution in [1.82, 2.24) is 0 Å². The van der Waals surface area contributed by atoms with E-state index in [1.54, 1.807) is 0 Å². The second-order valence-corrected chi connectivity index (χ2v) is 3.74. The Morgan fingerprint density at radius 3 is 2.31 bits per heavy atom. The van der Waals surface area contributed by atoms with Crippen LogP contribution in [0.1, 0.15) is 38.7 Å². The number of allylic oxidation sites excluding steroid dienone is 4. The Labute approximate surface area is 99.7 Å². The first-order valence-corrected chi connectivity index (χ1v) is 6.34. The third kappa shape index (κ3) is 4.48. The van der Waals surface area contributed by atoms with Crippen LogP contribution in [0.15, 0.2) is 54.1 Å². The molecule has 1 aliphatic rings. The van der Waals surface area contributed by atoms with Crippen LogP contribution in [-0.4, -0.2) is 0 Å². The summed E-state index contributed by atoms with van der Waals surface area (Å²) in [6.45, 7) is 4.00. The number of rotatable bonds is 3. The van der Waals surface area contributed by atoms with Crippen LogP contribution in [0.5, 0.6) is 0 Å². The first kappa shape index (κ1) is 12.8. The number of benzene rings is 1. The van der Waals surface area contributed by atoms with E-state index in [-0.39, 0.29) is 0 Å². The molecule has 0 N–H and O–H groups in total. The lowest BCUT2D eigenvalue weighted by Crippen LogP contribution is -1.89. The van der Waals surface area contributed by atoms with Gasteiger partial charge in [0.1, 0.15) is 0 Å². The molecule has 86 valence electrons. The van der Waals surface area contributed by atoms with Gasteiger partial charge in [-0.05, 0) is 31.2 Å². The van der Waals surface area contributed by atoms with Crippen molar-refractivity contribution in [3.8, 4) is 0 Å². The standard InChI is InChI=1S/C14H16.C2H6/c1-3-7-13(8-4-1)11-12-14-9-5-2-6-10-14;1-2/h1,3-5,7-10H,2,6,11-12H2;1-2H3. The first-order chi connectivity index (χ1) is 7.95. The summed E-state index contributed by atoms with van der Waals surface area (Å²) in [6.07, 6.45) is 11.7. The SMILES string of the molecule is C1=CC(CCc2ccccc2)=CCC1.CC. The molecule has 0 nitrogen and oxygen atoms in total. The zero-order valence-corrected chi connectivity index (χ0v) is 10.4. The molecule has 0 atom stereocenters. The van der Waals surface area contributed by atoms with Crippen molar-refractivity contribution >= 4 is 0 Å². The van der Waals surface area contributed by atoms with E-state index in [0.29, 0.717) is 0 Å². The highest BCUT2D eigenvalue weighted by Crippen LogP contribution is 2.15. The second kappa shape index (κ2) is 7.92. The number of aryl methyl sites for hydroxylation is 1. The number of hydrogen-bond acceptors (Lipinski definition) is 0. The zero-order chi connectivity index (χ0) is 11.6. The van der Waals surface area contributed by atoms with Gasteiger partial charge in [0.2, 0.25) is 0 Å². The fraction of sp³-hybridized carbons (Fsp3) is 0.375. The van der Waals surface area contributed by atoms with Crippen LogP contribution in [0.4, 0.5) is 0 Å². The molecule has 16 heavy (non-hydrogen) atoms. The lowest BCUT2D eigenvalue weighted by molar-refractivity contribution is 0.920. The van der Waals surface area contributed by atoms with Crippen molar-refractivity contribution in [1.29, 1.82) is 0 Å². The summed E-state index contributed by atoms with van der Waals surface area (Å²) in [5.41, 5.74) is 2.94. The molecule has 0 spiro atoms. The van der Waals surface area contributed by atoms with Gasteiger partial charge in [0.15, 0.2) is 0 Å². The maximum Gasteiger partial charge on any atom is -0.0238 e. The summed E-state index contributed by atoms with van der Waals surface area (Å²) >= 11 is 0. The van der Waals surface area contributed by atoms with Crippen LogP contribution in [0.3, 0.4) is 0 Å². The lowest BCUT2D eigenvalue weighted by Gasteiger charge is -2.06. The quantitative estimate of drug-likeness (QED) is 0.670. The summed E-state index contributed by atoms with van der Waals surface area (Å²) in [5.74, 6) is 0. The van der Waals surface area contributed by atoms with E-state index < -0.39 is 0 Å². The van der Waals surface area contributed by atoms with Crippen LogP contribution in [0.2, 0.25) is 0 Å². The number of hydrogen-bond donors (Lipinski definition) is 0. The Hall–Kier alpha value is -1.30. The topological polar surface area (TPSA) is 0 Å². The Morgan fingerprint density at radius 1 is 0.938 bits per heavy atom. The van der Waals surface area contributed by atoms with Crippen molar-refractivity contribution in [3.63, 3.8) is 0 Å². The van der Waals surface area contributed by atoms with Crippen molar-refractivity contribution < 1.29 is 0 Å². The van der Waals surface area contributed by atoms with Crippen LogP contribution >= 0.6 is 0 Å². The highest BCUT2D eigenvalue weighted by molar-refractivity contribution is 5.24. The van der Waals surface area contributed by atoms with Gasteiger partial charge in [0.05, 0.1) is 0 Å². The molecule has 0 heterocycles. The van der Waals surface area contributed by atoms with Crippen LogP contribution in [-0.2, 0) is 6.42 Å². The van der Waals surface area contributed by atoms with E-state index in [1.807, 2.05) is 13.8 Å². The molecule has 0 unspecified atom stereocenters. The van der Waals surface area contributed by atoms with Gasteiger partial charge in [-0.3, -0.25) is 0 Å². The largest absolute Gasteiger partial charge is 0.0840 e. The van der Waals surface area contributed by atoms with E-state index in [2.05, 4.69) is 48.6 Å². The van der Waals surface area contributed by atoms with Crippen LogP contribution < -0.4 is 0 Å². The third-order valence-corrected chi connectivity index (χ3v) is 2.62. The molecule has 0 amide bonds. The van der Waals surface area contributed by atoms with E-state index >= 15 is 0 Å². The molecule has 0 heteroatoms. The zero-order valence-electron chi connectivity index (χ0n) is 10.4. The smallest absolute Gasteiger partial charge is 0.0238 e. The van der Waals surface area contributed by atoms with E-state index in [9.17, 15) is 0 Å². The summed E-state index contributed by atoms with van der Waals surface area (Å²) in [6, 6.07) is 10.7. The average Bonchev–Trinajstić information content (AvgIpc) is 2.41.